The summed E-state index contributed by atoms with van der Waals surface area (Å²) in [6.07, 6.45) is 14.7. The third kappa shape index (κ3) is 12.8. The number of pyridine rings is 1. The van der Waals surface area contributed by atoms with Crippen molar-refractivity contribution in [3.8, 4) is 11.5 Å². The Bertz CT molecular complexity index is 973. The van der Waals surface area contributed by atoms with Crippen LogP contribution in [0.2, 0.25) is 5.02 Å². The van der Waals surface area contributed by atoms with Gasteiger partial charge in [-0.2, -0.15) is 0 Å². The zero-order chi connectivity index (χ0) is 26.9. The summed E-state index contributed by atoms with van der Waals surface area (Å²) in [6.45, 7) is 6.96. The molecule has 0 saturated carbocycles. The van der Waals surface area contributed by atoms with Crippen molar-refractivity contribution in [1.82, 2.24) is 4.90 Å². The maximum atomic E-state index is 12.8. The number of carbonyl (C=O) groups is 2. The standard InChI is InChI=1S/C30H44ClN2O4.HI/c1-4-6-7-8-9-10-11-12-13-16-21-36-29-19-18-27(22-28(29)31)37-24-30(35)33(25(3)34)23-26-17-14-15-20-32(26)5-2;/h14-15,17-20,22H,4-13,16,21,23-24H2,1-3H3;1H/q+1;/p-1. The summed E-state index contributed by atoms with van der Waals surface area (Å²) < 4.78 is 13.5. The number of nitrogens with zero attached hydrogens (tertiary/aromatic N) is 2. The third-order valence-electron chi connectivity index (χ3n) is 6.40. The molecule has 212 valence electrons. The molecule has 1 heterocycles. The first-order valence-electron chi connectivity index (χ1n) is 13.8. The highest BCUT2D eigenvalue weighted by atomic mass is 127. The molecule has 0 saturated heterocycles. The zero-order valence-electron chi connectivity index (χ0n) is 23.2. The van der Waals surface area contributed by atoms with Crippen molar-refractivity contribution in [3.05, 3.63) is 53.3 Å². The van der Waals surface area contributed by atoms with Crippen LogP contribution in [0.4, 0.5) is 0 Å². The van der Waals surface area contributed by atoms with Crippen LogP contribution >= 0.6 is 11.6 Å². The number of carbonyl (C=O) groups excluding carboxylic acids is 2. The highest BCUT2D eigenvalue weighted by molar-refractivity contribution is 6.32. The minimum absolute atomic E-state index is 0. The van der Waals surface area contributed by atoms with E-state index in [1.165, 1.54) is 63.2 Å². The van der Waals surface area contributed by atoms with Crippen molar-refractivity contribution >= 4 is 23.4 Å². The van der Waals surface area contributed by atoms with Crippen LogP contribution in [0.15, 0.2) is 42.6 Å². The van der Waals surface area contributed by atoms with Gasteiger partial charge in [0.1, 0.15) is 24.6 Å². The second-order valence-electron chi connectivity index (χ2n) is 9.39. The average Bonchev–Trinajstić information content (AvgIpc) is 2.90. The van der Waals surface area contributed by atoms with Crippen molar-refractivity contribution in [2.24, 2.45) is 0 Å². The van der Waals surface area contributed by atoms with Gasteiger partial charge in [-0.3, -0.25) is 14.5 Å². The highest BCUT2D eigenvalue weighted by Gasteiger charge is 2.23. The largest absolute Gasteiger partial charge is 1.00 e. The Morgan fingerprint density at radius 1 is 0.895 bits per heavy atom. The van der Waals surface area contributed by atoms with Crippen molar-refractivity contribution in [2.45, 2.75) is 98.1 Å². The molecule has 2 aromatic rings. The topological polar surface area (TPSA) is 59.7 Å². The normalized spacial score (nSPS) is 10.5. The van der Waals surface area contributed by atoms with Crippen molar-refractivity contribution < 1.29 is 47.6 Å². The summed E-state index contributed by atoms with van der Waals surface area (Å²) in [6, 6.07) is 10.8. The first-order valence-corrected chi connectivity index (χ1v) is 14.2. The summed E-state index contributed by atoms with van der Waals surface area (Å²) in [5.74, 6) is 0.330. The van der Waals surface area contributed by atoms with Gasteiger partial charge in [0.15, 0.2) is 12.8 Å². The third-order valence-corrected chi connectivity index (χ3v) is 6.69. The fourth-order valence-corrected chi connectivity index (χ4v) is 4.41. The molecule has 0 bridgehead atoms. The molecule has 6 nitrogen and oxygen atoms in total. The van der Waals surface area contributed by atoms with Crippen LogP contribution < -0.4 is 38.0 Å². The maximum Gasteiger partial charge on any atom is 0.267 e. The minimum Gasteiger partial charge on any atom is -1.00 e. The van der Waals surface area contributed by atoms with Crippen LogP contribution in [-0.2, 0) is 22.7 Å². The predicted molar refractivity (Wildman–Crippen MR) is 148 cm³/mol. The minimum atomic E-state index is -0.406. The van der Waals surface area contributed by atoms with E-state index in [2.05, 4.69) is 6.92 Å². The lowest BCUT2D eigenvalue weighted by atomic mass is 10.1. The van der Waals surface area contributed by atoms with E-state index in [1.54, 1.807) is 18.2 Å². The molecule has 0 radical (unpaired) electrons. The molecule has 0 fully saturated rings. The molecule has 0 spiro atoms. The molecular weight excluding hydrogens is 615 g/mol. The van der Waals surface area contributed by atoms with Gasteiger partial charge in [0, 0.05) is 25.1 Å². The van der Waals surface area contributed by atoms with Crippen molar-refractivity contribution in [2.75, 3.05) is 13.2 Å². The SMILES string of the molecule is CCCCCCCCCCCCOc1ccc(OCC(=O)N(Cc2cccc[n+]2CC)C(C)=O)cc1Cl.[I-]. The molecule has 38 heavy (non-hydrogen) atoms. The lowest BCUT2D eigenvalue weighted by Crippen LogP contribution is -3.00. The van der Waals surface area contributed by atoms with Gasteiger partial charge in [0.2, 0.25) is 11.6 Å². The fraction of sp³-hybridized carbons (Fsp3) is 0.567. The molecule has 8 heteroatoms. The highest BCUT2D eigenvalue weighted by Crippen LogP contribution is 2.29. The number of hydrogen-bond donors (Lipinski definition) is 0. The van der Waals surface area contributed by atoms with E-state index < -0.39 is 5.91 Å². The summed E-state index contributed by atoms with van der Waals surface area (Å²) in [4.78, 5) is 26.1. The van der Waals surface area contributed by atoms with Crippen LogP contribution in [0, 0.1) is 0 Å². The van der Waals surface area contributed by atoms with Gasteiger partial charge in [-0.15, -0.1) is 0 Å². The van der Waals surface area contributed by atoms with E-state index in [0.29, 0.717) is 23.1 Å². The Hall–Kier alpha value is -1.87. The van der Waals surface area contributed by atoms with Gasteiger partial charge < -0.3 is 33.5 Å². The molecule has 0 unspecified atom stereocenters. The molecule has 0 N–H and O–H groups in total. The predicted octanol–water partition coefficient (Wildman–Crippen LogP) is 3.91. The number of rotatable bonds is 18. The van der Waals surface area contributed by atoms with Crippen LogP contribution in [0.3, 0.4) is 0 Å². The molecule has 0 aliphatic carbocycles. The fourth-order valence-electron chi connectivity index (χ4n) is 4.18. The molecular formula is C30H44ClIN2O4. The molecule has 0 aliphatic rings. The number of benzene rings is 1. The molecule has 2 amide bonds. The number of ether oxygens (including phenoxy) is 2. The van der Waals surface area contributed by atoms with Crippen LogP contribution in [-0.4, -0.2) is 29.9 Å². The van der Waals surface area contributed by atoms with Gasteiger partial charge in [0.05, 0.1) is 11.6 Å². The molecule has 1 aromatic heterocycles. The van der Waals surface area contributed by atoms with E-state index in [0.717, 1.165) is 25.1 Å². The van der Waals surface area contributed by atoms with Gasteiger partial charge in [-0.1, -0.05) is 82.4 Å². The Morgan fingerprint density at radius 2 is 1.55 bits per heavy atom. The number of aryl methyl sites for hydroxylation is 1. The number of hydrogen-bond acceptors (Lipinski definition) is 4. The number of halogens is 2. The monoisotopic (exact) mass is 658 g/mol. The maximum absolute atomic E-state index is 12.8. The lowest BCUT2D eigenvalue weighted by molar-refractivity contribution is -0.701. The molecule has 0 aliphatic heterocycles. The van der Waals surface area contributed by atoms with E-state index in [4.69, 9.17) is 21.1 Å². The van der Waals surface area contributed by atoms with Crippen molar-refractivity contribution in [3.63, 3.8) is 0 Å². The Balaban J connectivity index is 0.00000722. The first kappa shape index (κ1) is 34.2. The zero-order valence-corrected chi connectivity index (χ0v) is 26.1. The van der Waals surface area contributed by atoms with Crippen LogP contribution in [0.5, 0.6) is 11.5 Å². The molecule has 0 atom stereocenters. The second kappa shape index (κ2) is 20.1. The average molecular weight is 659 g/mol. The van der Waals surface area contributed by atoms with Gasteiger partial charge in [-0.05, 0) is 25.5 Å². The summed E-state index contributed by atoms with van der Waals surface area (Å²) in [5, 5.41) is 0.439. The van der Waals surface area contributed by atoms with Gasteiger partial charge >= 0.3 is 0 Å². The lowest BCUT2D eigenvalue weighted by Gasteiger charge is -2.18. The summed E-state index contributed by atoms with van der Waals surface area (Å²) in [7, 11) is 0. The van der Waals surface area contributed by atoms with E-state index in [1.807, 2.05) is 35.9 Å². The summed E-state index contributed by atoms with van der Waals surface area (Å²) >= 11 is 6.37. The number of aromatic nitrogens is 1. The van der Waals surface area contributed by atoms with Crippen LogP contribution in [0.1, 0.15) is 90.7 Å². The van der Waals surface area contributed by atoms with Crippen molar-refractivity contribution in [1.29, 1.82) is 0 Å². The smallest absolute Gasteiger partial charge is 0.267 e. The quantitative estimate of drug-likeness (QED) is 0.139. The Kier molecular flexibility index (Phi) is 18.1. The second-order valence-corrected chi connectivity index (χ2v) is 9.80. The molecule has 2 rings (SSSR count). The van der Waals surface area contributed by atoms with E-state index in [9.17, 15) is 9.59 Å². The molecule has 1 aromatic carbocycles. The number of unbranched alkanes of at least 4 members (excludes halogenated alkanes) is 9. The summed E-state index contributed by atoms with van der Waals surface area (Å²) in [5.41, 5.74) is 0.875. The van der Waals surface area contributed by atoms with Crippen LogP contribution in [0.25, 0.3) is 0 Å². The number of imide groups is 1. The van der Waals surface area contributed by atoms with Gasteiger partial charge in [0.25, 0.3) is 5.91 Å². The Labute approximate surface area is 251 Å². The van der Waals surface area contributed by atoms with Gasteiger partial charge in [-0.25, -0.2) is 4.57 Å². The van der Waals surface area contributed by atoms with E-state index >= 15 is 0 Å². The first-order chi connectivity index (χ1) is 18.0. The number of amides is 2. The van der Waals surface area contributed by atoms with E-state index in [-0.39, 0.29) is 43.0 Å². The Morgan fingerprint density at radius 3 is 2.16 bits per heavy atom.